The Kier molecular flexibility index (Phi) is 2.76. The van der Waals surface area contributed by atoms with Crippen LogP contribution in [0.3, 0.4) is 0 Å². The molecule has 2 aromatic heterocycles. The minimum absolute atomic E-state index is 0.692. The van der Waals surface area contributed by atoms with Gasteiger partial charge in [0.25, 0.3) is 0 Å². The number of aryl methyl sites for hydroxylation is 2. The van der Waals surface area contributed by atoms with Gasteiger partial charge in [-0.2, -0.15) is 5.10 Å². The highest BCUT2D eigenvalue weighted by Gasteiger charge is 2.01. The van der Waals surface area contributed by atoms with Crippen LogP contribution < -0.4 is 11.1 Å². The molecule has 4 N–H and O–H groups in total. The summed E-state index contributed by atoms with van der Waals surface area (Å²) in [5.41, 5.74) is 9.73. The third-order valence-corrected chi connectivity index (χ3v) is 2.54. The van der Waals surface area contributed by atoms with Crippen molar-refractivity contribution in [2.45, 2.75) is 20.4 Å². The SMILES string of the molecule is Cc1cnc(NCc2cn[nH]c2C)cc1N. The second-order valence-electron chi connectivity index (χ2n) is 3.80. The smallest absolute Gasteiger partial charge is 0.128 e. The van der Waals surface area contributed by atoms with E-state index in [4.69, 9.17) is 5.73 Å². The van der Waals surface area contributed by atoms with E-state index in [1.54, 1.807) is 12.4 Å². The van der Waals surface area contributed by atoms with Gasteiger partial charge >= 0.3 is 0 Å². The van der Waals surface area contributed by atoms with Gasteiger partial charge in [0, 0.05) is 35.8 Å². The van der Waals surface area contributed by atoms with Crippen LogP contribution in [0.4, 0.5) is 11.5 Å². The van der Waals surface area contributed by atoms with Gasteiger partial charge in [0.2, 0.25) is 0 Å². The summed E-state index contributed by atoms with van der Waals surface area (Å²) in [6.07, 6.45) is 3.57. The van der Waals surface area contributed by atoms with Crippen LogP contribution in [0.2, 0.25) is 0 Å². The summed E-state index contributed by atoms with van der Waals surface area (Å²) in [6.45, 7) is 4.62. The van der Waals surface area contributed by atoms with Crippen LogP contribution in [-0.4, -0.2) is 15.2 Å². The van der Waals surface area contributed by atoms with E-state index < -0.39 is 0 Å². The number of pyridine rings is 1. The van der Waals surface area contributed by atoms with Crippen molar-refractivity contribution in [3.8, 4) is 0 Å². The molecule has 84 valence electrons. The quantitative estimate of drug-likeness (QED) is 0.729. The first-order valence-corrected chi connectivity index (χ1v) is 5.11. The molecule has 16 heavy (non-hydrogen) atoms. The minimum Gasteiger partial charge on any atom is -0.398 e. The molecule has 5 nitrogen and oxygen atoms in total. The fourth-order valence-electron chi connectivity index (χ4n) is 1.38. The van der Waals surface area contributed by atoms with Crippen LogP contribution in [0.1, 0.15) is 16.8 Å². The van der Waals surface area contributed by atoms with Crippen LogP contribution in [0.25, 0.3) is 0 Å². The highest BCUT2D eigenvalue weighted by Crippen LogP contribution is 2.14. The predicted octanol–water partition coefficient (Wildman–Crippen LogP) is 1.62. The zero-order valence-electron chi connectivity index (χ0n) is 9.41. The van der Waals surface area contributed by atoms with Crippen molar-refractivity contribution in [1.29, 1.82) is 0 Å². The molecule has 0 saturated carbocycles. The van der Waals surface area contributed by atoms with E-state index in [0.717, 1.165) is 28.3 Å². The number of nitrogens with zero attached hydrogens (tertiary/aromatic N) is 2. The highest BCUT2D eigenvalue weighted by molar-refractivity contribution is 5.53. The Morgan fingerprint density at radius 1 is 1.38 bits per heavy atom. The van der Waals surface area contributed by atoms with E-state index in [1.807, 2.05) is 19.9 Å². The molecule has 2 heterocycles. The van der Waals surface area contributed by atoms with Gasteiger partial charge in [-0.05, 0) is 19.4 Å². The number of anilines is 2. The summed E-state index contributed by atoms with van der Waals surface area (Å²) in [5, 5.41) is 10.1. The first-order chi connectivity index (χ1) is 7.66. The van der Waals surface area contributed by atoms with Crippen LogP contribution >= 0.6 is 0 Å². The number of hydrogen-bond acceptors (Lipinski definition) is 4. The Morgan fingerprint density at radius 2 is 2.19 bits per heavy atom. The zero-order chi connectivity index (χ0) is 11.5. The molecule has 5 heteroatoms. The van der Waals surface area contributed by atoms with Gasteiger partial charge in [0.05, 0.1) is 6.20 Å². The highest BCUT2D eigenvalue weighted by atomic mass is 15.1. The Morgan fingerprint density at radius 3 is 2.81 bits per heavy atom. The Hall–Kier alpha value is -2.04. The number of nitrogens with two attached hydrogens (primary N) is 1. The van der Waals surface area contributed by atoms with Gasteiger partial charge in [-0.15, -0.1) is 0 Å². The van der Waals surface area contributed by atoms with Gasteiger partial charge in [-0.3, -0.25) is 5.10 Å². The predicted molar refractivity (Wildman–Crippen MR) is 64.0 cm³/mol. The van der Waals surface area contributed by atoms with E-state index in [1.165, 1.54) is 0 Å². The lowest BCUT2D eigenvalue weighted by Crippen LogP contribution is -2.03. The van der Waals surface area contributed by atoms with Crippen molar-refractivity contribution >= 4 is 11.5 Å². The van der Waals surface area contributed by atoms with Crippen LogP contribution in [0, 0.1) is 13.8 Å². The lowest BCUT2D eigenvalue weighted by molar-refractivity contribution is 1.04. The van der Waals surface area contributed by atoms with E-state index >= 15 is 0 Å². The Labute approximate surface area is 94.1 Å². The van der Waals surface area contributed by atoms with Crippen LogP contribution in [0.15, 0.2) is 18.5 Å². The first-order valence-electron chi connectivity index (χ1n) is 5.11. The second-order valence-corrected chi connectivity index (χ2v) is 3.80. The molecule has 0 aliphatic carbocycles. The van der Waals surface area contributed by atoms with Crippen LogP contribution in [-0.2, 0) is 6.54 Å². The third-order valence-electron chi connectivity index (χ3n) is 2.54. The molecular weight excluding hydrogens is 202 g/mol. The zero-order valence-corrected chi connectivity index (χ0v) is 9.41. The van der Waals surface area contributed by atoms with E-state index in [0.29, 0.717) is 6.54 Å². The molecule has 0 aromatic carbocycles. The summed E-state index contributed by atoms with van der Waals surface area (Å²) in [5.74, 6) is 0.781. The maximum Gasteiger partial charge on any atom is 0.128 e. The fraction of sp³-hybridized carbons (Fsp3) is 0.273. The molecule has 0 saturated heterocycles. The van der Waals surface area contributed by atoms with E-state index in [-0.39, 0.29) is 0 Å². The lowest BCUT2D eigenvalue weighted by atomic mass is 10.2. The number of hydrogen-bond donors (Lipinski definition) is 3. The summed E-state index contributed by atoms with van der Waals surface area (Å²) >= 11 is 0. The topological polar surface area (TPSA) is 79.6 Å². The average molecular weight is 217 g/mol. The van der Waals surface area contributed by atoms with Gasteiger partial charge in [0.1, 0.15) is 5.82 Å². The molecule has 2 aromatic rings. The molecule has 0 bridgehead atoms. The molecule has 0 spiro atoms. The average Bonchev–Trinajstić information content (AvgIpc) is 2.66. The molecular formula is C11H15N5. The fourth-order valence-corrected chi connectivity index (χ4v) is 1.38. The van der Waals surface area contributed by atoms with Crippen molar-refractivity contribution in [3.05, 3.63) is 35.3 Å². The van der Waals surface area contributed by atoms with Crippen molar-refractivity contribution in [2.75, 3.05) is 11.1 Å². The summed E-state index contributed by atoms with van der Waals surface area (Å²) < 4.78 is 0. The third kappa shape index (κ3) is 2.13. The first kappa shape index (κ1) is 10.5. The molecule has 0 atom stereocenters. The standard InChI is InChI=1S/C11H15N5/c1-7-4-13-11(3-10(7)12)14-5-9-6-15-16-8(9)2/h3-4,6H,5H2,1-2H3,(H,15,16)(H3,12,13,14). The second kappa shape index (κ2) is 4.22. The maximum atomic E-state index is 5.80. The van der Waals surface area contributed by atoms with Gasteiger partial charge in [-0.25, -0.2) is 4.98 Å². The molecule has 0 aliphatic heterocycles. The number of nitrogens with one attached hydrogen (secondary N) is 2. The maximum absolute atomic E-state index is 5.80. The summed E-state index contributed by atoms with van der Waals surface area (Å²) in [4.78, 5) is 4.25. The number of rotatable bonds is 3. The van der Waals surface area contributed by atoms with Crippen molar-refractivity contribution in [3.63, 3.8) is 0 Å². The van der Waals surface area contributed by atoms with Crippen LogP contribution in [0.5, 0.6) is 0 Å². The Bertz CT molecular complexity index is 489. The number of aromatic nitrogens is 3. The lowest BCUT2D eigenvalue weighted by Gasteiger charge is -2.06. The monoisotopic (exact) mass is 217 g/mol. The number of nitrogen functional groups attached to an aromatic ring is 1. The molecule has 0 unspecified atom stereocenters. The van der Waals surface area contributed by atoms with Crippen molar-refractivity contribution < 1.29 is 0 Å². The molecule has 0 fully saturated rings. The summed E-state index contributed by atoms with van der Waals surface area (Å²) in [7, 11) is 0. The van der Waals surface area contributed by atoms with Crippen molar-refractivity contribution in [1.82, 2.24) is 15.2 Å². The molecule has 2 rings (SSSR count). The van der Waals surface area contributed by atoms with Gasteiger partial charge < -0.3 is 11.1 Å². The van der Waals surface area contributed by atoms with E-state index in [9.17, 15) is 0 Å². The van der Waals surface area contributed by atoms with E-state index in [2.05, 4.69) is 20.5 Å². The number of H-pyrrole nitrogens is 1. The Balaban J connectivity index is 2.05. The molecule has 0 aliphatic rings. The van der Waals surface area contributed by atoms with Gasteiger partial charge in [0.15, 0.2) is 0 Å². The van der Waals surface area contributed by atoms with Crippen molar-refractivity contribution in [2.24, 2.45) is 0 Å². The molecule has 0 amide bonds. The number of aromatic amines is 1. The normalized spacial score (nSPS) is 10.4. The molecule has 0 radical (unpaired) electrons. The van der Waals surface area contributed by atoms with Gasteiger partial charge in [-0.1, -0.05) is 0 Å². The minimum atomic E-state index is 0.692. The largest absolute Gasteiger partial charge is 0.398 e. The summed E-state index contributed by atoms with van der Waals surface area (Å²) in [6, 6.07) is 1.84.